The van der Waals surface area contributed by atoms with E-state index in [-0.39, 0.29) is 4.90 Å². The summed E-state index contributed by atoms with van der Waals surface area (Å²) in [5.74, 6) is 0.540. The summed E-state index contributed by atoms with van der Waals surface area (Å²) in [5, 5.41) is 13.0. The van der Waals surface area contributed by atoms with Crippen LogP contribution in [0.25, 0.3) is 28.4 Å². The molecule has 4 aromatic heterocycles. The Bertz CT molecular complexity index is 1450. The molecule has 10 heteroatoms. The molecule has 5 aromatic rings. The Labute approximate surface area is 177 Å². The lowest BCUT2D eigenvalue weighted by Gasteiger charge is -2.08. The van der Waals surface area contributed by atoms with Crippen molar-refractivity contribution < 1.29 is 8.42 Å². The number of hydrogen-bond donors (Lipinski definition) is 1. The summed E-state index contributed by atoms with van der Waals surface area (Å²) >= 11 is 0. The molecule has 1 aromatic carbocycles. The molecule has 0 aliphatic carbocycles. The van der Waals surface area contributed by atoms with Crippen molar-refractivity contribution in [1.29, 1.82) is 0 Å². The van der Waals surface area contributed by atoms with Crippen LogP contribution in [0.1, 0.15) is 0 Å². The highest BCUT2D eigenvalue weighted by Crippen LogP contribution is 2.23. The van der Waals surface area contributed by atoms with Crippen molar-refractivity contribution >= 4 is 21.4 Å². The average molecular weight is 429 g/mol. The molecule has 4 heterocycles. The standard InChI is InChI=1S/C21H15N7O2S/c29-31(30,17-4-3-12-22-14-17)27-16-8-6-15(7-9-16)18-10-11-20-24-25-21(28(20)26-18)19-5-1-2-13-23-19/h1-14,27H. The lowest BCUT2D eigenvalue weighted by Crippen LogP contribution is -2.12. The largest absolute Gasteiger partial charge is 0.280 e. The third-order valence-electron chi connectivity index (χ3n) is 4.53. The van der Waals surface area contributed by atoms with E-state index in [1.807, 2.05) is 30.3 Å². The van der Waals surface area contributed by atoms with Crippen LogP contribution in [-0.2, 0) is 10.0 Å². The number of fused-ring (bicyclic) bond motifs is 1. The van der Waals surface area contributed by atoms with Crippen molar-refractivity contribution in [3.63, 3.8) is 0 Å². The molecule has 1 N–H and O–H groups in total. The van der Waals surface area contributed by atoms with Gasteiger partial charge in [-0.05, 0) is 48.5 Å². The lowest BCUT2D eigenvalue weighted by molar-refractivity contribution is 0.601. The first-order valence-corrected chi connectivity index (χ1v) is 10.8. The van der Waals surface area contributed by atoms with Crippen molar-refractivity contribution in [1.82, 2.24) is 29.8 Å². The van der Waals surface area contributed by atoms with Gasteiger partial charge in [0.2, 0.25) is 5.82 Å². The van der Waals surface area contributed by atoms with E-state index >= 15 is 0 Å². The van der Waals surface area contributed by atoms with Gasteiger partial charge in [0.1, 0.15) is 10.6 Å². The predicted molar refractivity (Wildman–Crippen MR) is 114 cm³/mol. The molecule has 0 atom stereocenters. The maximum Gasteiger partial charge on any atom is 0.263 e. The van der Waals surface area contributed by atoms with E-state index in [2.05, 4.69) is 30.0 Å². The van der Waals surface area contributed by atoms with Gasteiger partial charge in [0.15, 0.2) is 5.65 Å². The molecule has 0 saturated carbocycles. The van der Waals surface area contributed by atoms with Gasteiger partial charge in [0.25, 0.3) is 10.0 Å². The van der Waals surface area contributed by atoms with Gasteiger partial charge in [0.05, 0.1) is 5.69 Å². The molecule has 0 fully saturated rings. The Morgan fingerprint density at radius 2 is 1.68 bits per heavy atom. The quantitative estimate of drug-likeness (QED) is 0.456. The minimum absolute atomic E-state index is 0.0980. The molecule has 0 aliphatic rings. The van der Waals surface area contributed by atoms with Crippen LogP contribution in [0.15, 0.2) is 90.2 Å². The molecule has 0 saturated heterocycles. The molecule has 0 amide bonds. The zero-order valence-electron chi connectivity index (χ0n) is 16.0. The Morgan fingerprint density at radius 1 is 0.806 bits per heavy atom. The number of pyridine rings is 2. The predicted octanol–water partition coefficient (Wildman–Crippen LogP) is 3.05. The van der Waals surface area contributed by atoms with E-state index in [4.69, 9.17) is 0 Å². The molecule has 0 spiro atoms. The average Bonchev–Trinajstić information content (AvgIpc) is 3.24. The molecular formula is C21H15N7O2S. The summed E-state index contributed by atoms with van der Waals surface area (Å²) in [6.07, 6.45) is 4.51. The number of sulfonamides is 1. The SMILES string of the molecule is O=S(=O)(Nc1ccc(-c2ccc3nnc(-c4ccccn4)n3n2)cc1)c1cccnc1. The van der Waals surface area contributed by atoms with Gasteiger partial charge >= 0.3 is 0 Å². The highest BCUT2D eigenvalue weighted by atomic mass is 32.2. The minimum atomic E-state index is -3.70. The van der Waals surface area contributed by atoms with Crippen LogP contribution in [0, 0.1) is 0 Å². The van der Waals surface area contributed by atoms with Crippen LogP contribution in [0.5, 0.6) is 0 Å². The highest BCUT2D eigenvalue weighted by molar-refractivity contribution is 7.92. The van der Waals surface area contributed by atoms with E-state index in [1.54, 1.807) is 41.0 Å². The van der Waals surface area contributed by atoms with Crippen LogP contribution in [0.2, 0.25) is 0 Å². The second-order valence-corrected chi connectivity index (χ2v) is 8.28. The highest BCUT2D eigenvalue weighted by Gasteiger charge is 2.15. The fourth-order valence-electron chi connectivity index (χ4n) is 3.03. The zero-order valence-corrected chi connectivity index (χ0v) is 16.8. The summed E-state index contributed by atoms with van der Waals surface area (Å²) in [7, 11) is -3.70. The monoisotopic (exact) mass is 429 g/mol. The number of aromatic nitrogens is 6. The number of nitrogens with one attached hydrogen (secondary N) is 1. The Hall–Kier alpha value is -4.18. The summed E-state index contributed by atoms with van der Waals surface area (Å²) in [6, 6.07) is 19.2. The Balaban J connectivity index is 1.45. The molecule has 5 rings (SSSR count). The first-order chi connectivity index (χ1) is 15.1. The van der Waals surface area contributed by atoms with Crippen molar-refractivity contribution in [2.75, 3.05) is 4.72 Å². The summed E-state index contributed by atoms with van der Waals surface area (Å²) < 4.78 is 29.1. The van der Waals surface area contributed by atoms with E-state index in [1.165, 1.54) is 18.5 Å². The molecule has 152 valence electrons. The van der Waals surface area contributed by atoms with Crippen LogP contribution in [0.4, 0.5) is 5.69 Å². The number of nitrogens with zero attached hydrogens (tertiary/aromatic N) is 6. The second kappa shape index (κ2) is 7.58. The van der Waals surface area contributed by atoms with E-state index in [9.17, 15) is 8.42 Å². The van der Waals surface area contributed by atoms with E-state index in [0.29, 0.717) is 28.5 Å². The summed E-state index contributed by atoms with van der Waals surface area (Å²) in [4.78, 5) is 8.26. The van der Waals surface area contributed by atoms with Crippen molar-refractivity contribution in [3.05, 3.63) is 85.3 Å². The molecule has 0 bridgehead atoms. The van der Waals surface area contributed by atoms with Crippen molar-refractivity contribution in [2.45, 2.75) is 4.90 Å². The second-order valence-electron chi connectivity index (χ2n) is 6.60. The van der Waals surface area contributed by atoms with Gasteiger partial charge < -0.3 is 0 Å². The normalized spacial score (nSPS) is 11.5. The smallest absolute Gasteiger partial charge is 0.263 e. The molecular weight excluding hydrogens is 414 g/mol. The van der Waals surface area contributed by atoms with Gasteiger partial charge in [-0.3, -0.25) is 14.7 Å². The summed E-state index contributed by atoms with van der Waals surface area (Å²) in [6.45, 7) is 0. The molecule has 0 radical (unpaired) electrons. The topological polar surface area (TPSA) is 115 Å². The molecule has 31 heavy (non-hydrogen) atoms. The molecule has 9 nitrogen and oxygen atoms in total. The van der Waals surface area contributed by atoms with Gasteiger partial charge in [-0.2, -0.15) is 9.61 Å². The van der Waals surface area contributed by atoms with Crippen molar-refractivity contribution in [3.8, 4) is 22.8 Å². The number of anilines is 1. The number of hydrogen-bond acceptors (Lipinski definition) is 7. The van der Waals surface area contributed by atoms with Crippen LogP contribution >= 0.6 is 0 Å². The third kappa shape index (κ3) is 3.71. The van der Waals surface area contributed by atoms with Gasteiger partial charge in [-0.15, -0.1) is 10.2 Å². The number of rotatable bonds is 5. The van der Waals surface area contributed by atoms with Crippen LogP contribution in [-0.4, -0.2) is 38.2 Å². The summed E-state index contributed by atoms with van der Waals surface area (Å²) in [5.41, 5.74) is 3.20. The first kappa shape index (κ1) is 18.8. The Kier molecular flexibility index (Phi) is 4.60. The fourth-order valence-corrected chi connectivity index (χ4v) is 4.05. The van der Waals surface area contributed by atoms with Crippen LogP contribution < -0.4 is 4.72 Å². The lowest BCUT2D eigenvalue weighted by atomic mass is 10.1. The minimum Gasteiger partial charge on any atom is -0.280 e. The fraction of sp³-hybridized carbons (Fsp3) is 0. The first-order valence-electron chi connectivity index (χ1n) is 9.27. The molecule has 0 aliphatic heterocycles. The third-order valence-corrected chi connectivity index (χ3v) is 5.90. The van der Waals surface area contributed by atoms with Gasteiger partial charge in [0, 0.05) is 29.8 Å². The zero-order chi connectivity index (χ0) is 21.3. The maximum absolute atomic E-state index is 12.5. The number of benzene rings is 1. The van der Waals surface area contributed by atoms with E-state index in [0.717, 1.165) is 5.56 Å². The van der Waals surface area contributed by atoms with Crippen LogP contribution in [0.3, 0.4) is 0 Å². The van der Waals surface area contributed by atoms with Gasteiger partial charge in [-0.25, -0.2) is 8.42 Å². The van der Waals surface area contributed by atoms with E-state index < -0.39 is 10.0 Å². The van der Waals surface area contributed by atoms with Gasteiger partial charge in [-0.1, -0.05) is 18.2 Å². The Morgan fingerprint density at radius 3 is 2.42 bits per heavy atom. The van der Waals surface area contributed by atoms with Crippen molar-refractivity contribution in [2.24, 2.45) is 0 Å². The maximum atomic E-state index is 12.5. The molecule has 0 unspecified atom stereocenters.